The summed E-state index contributed by atoms with van der Waals surface area (Å²) in [5, 5.41) is 0.130. The van der Waals surface area contributed by atoms with E-state index in [1.807, 2.05) is 0 Å². The Labute approximate surface area is 118 Å². The van der Waals surface area contributed by atoms with Crippen LogP contribution >= 0.6 is 23.2 Å². The van der Waals surface area contributed by atoms with Crippen molar-refractivity contribution in [3.8, 4) is 0 Å². The van der Waals surface area contributed by atoms with Gasteiger partial charge >= 0.3 is 0 Å². The predicted octanol–water partition coefficient (Wildman–Crippen LogP) is 4.70. The highest BCUT2D eigenvalue weighted by Crippen LogP contribution is 2.21. The molecule has 0 bridgehead atoms. The van der Waals surface area contributed by atoms with E-state index in [0.717, 1.165) is 12.1 Å². The average Bonchev–Trinajstić information content (AvgIpc) is 2.33. The maximum Gasteiger partial charge on any atom is 0.170 e. The van der Waals surface area contributed by atoms with Gasteiger partial charge in [0, 0.05) is 11.4 Å². The summed E-state index contributed by atoms with van der Waals surface area (Å²) in [7, 11) is 0. The summed E-state index contributed by atoms with van der Waals surface area (Å²) < 4.78 is 26.8. The lowest BCUT2D eigenvalue weighted by Gasteiger charge is -2.05. The molecule has 2 aromatic rings. The maximum absolute atomic E-state index is 13.6. The standard InChI is InChI=1S/C14H8Cl2F2O/c15-9-3-1-2-8(4-9)5-14(19)10-6-13(18)11(16)7-12(10)17/h1-4,6-7H,5H2. The third-order valence-corrected chi connectivity index (χ3v) is 3.09. The molecule has 19 heavy (non-hydrogen) atoms. The van der Waals surface area contributed by atoms with E-state index >= 15 is 0 Å². The Hall–Kier alpha value is -1.45. The second-order valence-electron chi connectivity index (χ2n) is 3.98. The average molecular weight is 301 g/mol. The fourth-order valence-corrected chi connectivity index (χ4v) is 2.03. The summed E-state index contributed by atoms with van der Waals surface area (Å²) in [5.74, 6) is -2.19. The number of hydrogen-bond donors (Lipinski definition) is 0. The molecular weight excluding hydrogens is 293 g/mol. The van der Waals surface area contributed by atoms with E-state index in [-0.39, 0.29) is 17.0 Å². The van der Waals surface area contributed by atoms with Gasteiger partial charge in [0.05, 0.1) is 10.6 Å². The second-order valence-corrected chi connectivity index (χ2v) is 4.82. The molecule has 2 aromatic carbocycles. The first-order chi connectivity index (χ1) is 8.97. The Morgan fingerprint density at radius 2 is 1.79 bits per heavy atom. The Morgan fingerprint density at radius 3 is 2.47 bits per heavy atom. The minimum Gasteiger partial charge on any atom is -0.294 e. The monoisotopic (exact) mass is 300 g/mol. The summed E-state index contributed by atoms with van der Waals surface area (Å²) in [4.78, 5) is 11.9. The van der Waals surface area contributed by atoms with Gasteiger partial charge in [-0.3, -0.25) is 4.79 Å². The molecular formula is C14H8Cl2F2O. The fraction of sp³-hybridized carbons (Fsp3) is 0.0714. The summed E-state index contributed by atoms with van der Waals surface area (Å²) in [5.41, 5.74) is 0.314. The first-order valence-electron chi connectivity index (χ1n) is 5.39. The molecule has 0 aliphatic heterocycles. The van der Waals surface area contributed by atoms with Gasteiger partial charge in [-0.2, -0.15) is 0 Å². The van der Waals surface area contributed by atoms with Crippen LogP contribution in [0.3, 0.4) is 0 Å². The summed E-state index contributed by atoms with van der Waals surface area (Å²) in [6.45, 7) is 0. The first kappa shape index (κ1) is 14.0. The quantitative estimate of drug-likeness (QED) is 0.593. The van der Waals surface area contributed by atoms with Crippen molar-refractivity contribution in [3.63, 3.8) is 0 Å². The smallest absolute Gasteiger partial charge is 0.170 e. The van der Waals surface area contributed by atoms with Gasteiger partial charge in [-0.1, -0.05) is 35.3 Å². The van der Waals surface area contributed by atoms with Crippen LogP contribution in [0, 0.1) is 11.6 Å². The summed E-state index contributed by atoms with van der Waals surface area (Å²) >= 11 is 11.2. The number of halogens is 4. The minimum atomic E-state index is -0.835. The lowest BCUT2D eigenvalue weighted by molar-refractivity contribution is 0.0988. The van der Waals surface area contributed by atoms with Gasteiger partial charge in [0.2, 0.25) is 0 Å². The molecule has 1 nitrogen and oxygen atoms in total. The molecule has 0 N–H and O–H groups in total. The van der Waals surface area contributed by atoms with Crippen molar-refractivity contribution in [1.82, 2.24) is 0 Å². The largest absolute Gasteiger partial charge is 0.294 e. The molecule has 0 spiro atoms. The van der Waals surface area contributed by atoms with Crippen LogP contribution in [0.1, 0.15) is 15.9 Å². The Bertz CT molecular complexity index is 641. The highest BCUT2D eigenvalue weighted by molar-refractivity contribution is 6.31. The number of carbonyl (C=O) groups excluding carboxylic acids is 1. The van der Waals surface area contributed by atoms with Crippen LogP contribution in [0.5, 0.6) is 0 Å². The van der Waals surface area contributed by atoms with Crippen molar-refractivity contribution in [1.29, 1.82) is 0 Å². The van der Waals surface area contributed by atoms with Crippen molar-refractivity contribution in [2.75, 3.05) is 0 Å². The number of rotatable bonds is 3. The maximum atomic E-state index is 13.6. The van der Waals surface area contributed by atoms with Crippen molar-refractivity contribution in [2.24, 2.45) is 0 Å². The molecule has 0 atom stereocenters. The molecule has 0 aliphatic carbocycles. The SMILES string of the molecule is O=C(Cc1cccc(Cl)c1)c1cc(F)c(Cl)cc1F. The van der Waals surface area contributed by atoms with Crippen LogP contribution in [-0.2, 0) is 6.42 Å². The zero-order chi connectivity index (χ0) is 14.0. The molecule has 0 fully saturated rings. The van der Waals surface area contributed by atoms with Gasteiger partial charge in [-0.25, -0.2) is 8.78 Å². The molecule has 5 heteroatoms. The lowest BCUT2D eigenvalue weighted by atomic mass is 10.0. The van der Waals surface area contributed by atoms with Gasteiger partial charge in [0.25, 0.3) is 0 Å². The molecule has 98 valence electrons. The van der Waals surface area contributed by atoms with E-state index in [2.05, 4.69) is 0 Å². The second kappa shape index (κ2) is 5.68. The molecule has 0 unspecified atom stereocenters. The van der Waals surface area contributed by atoms with Crippen LogP contribution in [-0.4, -0.2) is 5.78 Å². The van der Waals surface area contributed by atoms with E-state index in [1.165, 1.54) is 0 Å². The van der Waals surface area contributed by atoms with E-state index < -0.39 is 17.4 Å². The molecule has 0 radical (unpaired) electrons. The van der Waals surface area contributed by atoms with Crippen molar-refractivity contribution >= 4 is 29.0 Å². The molecule has 0 aliphatic rings. The van der Waals surface area contributed by atoms with Crippen LogP contribution < -0.4 is 0 Å². The van der Waals surface area contributed by atoms with Gasteiger partial charge in [-0.15, -0.1) is 0 Å². The van der Waals surface area contributed by atoms with E-state index in [4.69, 9.17) is 23.2 Å². The number of carbonyl (C=O) groups is 1. The Balaban J connectivity index is 2.28. The third-order valence-electron chi connectivity index (χ3n) is 2.56. The van der Waals surface area contributed by atoms with Gasteiger partial charge in [-0.05, 0) is 29.8 Å². The molecule has 0 heterocycles. The Kier molecular flexibility index (Phi) is 4.17. The van der Waals surface area contributed by atoms with Crippen molar-refractivity contribution in [2.45, 2.75) is 6.42 Å². The minimum absolute atomic E-state index is 0.0570. The highest BCUT2D eigenvalue weighted by atomic mass is 35.5. The van der Waals surface area contributed by atoms with E-state index in [0.29, 0.717) is 10.6 Å². The molecule has 2 rings (SSSR count). The van der Waals surface area contributed by atoms with Crippen LogP contribution in [0.25, 0.3) is 0 Å². The van der Waals surface area contributed by atoms with E-state index in [9.17, 15) is 13.6 Å². The predicted molar refractivity (Wildman–Crippen MR) is 70.9 cm³/mol. The lowest BCUT2D eigenvalue weighted by Crippen LogP contribution is -2.07. The fourth-order valence-electron chi connectivity index (χ4n) is 1.66. The van der Waals surface area contributed by atoms with Crippen LogP contribution in [0.4, 0.5) is 8.78 Å². The van der Waals surface area contributed by atoms with Crippen molar-refractivity contribution in [3.05, 3.63) is 69.2 Å². The molecule has 0 amide bonds. The third kappa shape index (κ3) is 3.31. The van der Waals surface area contributed by atoms with Crippen LogP contribution in [0.15, 0.2) is 36.4 Å². The molecule has 0 saturated carbocycles. The molecule has 0 aromatic heterocycles. The summed E-state index contributed by atoms with van der Waals surface area (Å²) in [6.07, 6.45) is -0.0570. The molecule has 0 saturated heterocycles. The topological polar surface area (TPSA) is 17.1 Å². The number of benzene rings is 2. The van der Waals surface area contributed by atoms with Gasteiger partial charge in [0.15, 0.2) is 5.78 Å². The highest BCUT2D eigenvalue weighted by Gasteiger charge is 2.15. The normalized spacial score (nSPS) is 10.5. The Morgan fingerprint density at radius 1 is 1.05 bits per heavy atom. The van der Waals surface area contributed by atoms with Crippen LogP contribution in [0.2, 0.25) is 10.0 Å². The first-order valence-corrected chi connectivity index (χ1v) is 6.15. The van der Waals surface area contributed by atoms with E-state index in [1.54, 1.807) is 24.3 Å². The number of Topliss-reactive ketones (excluding diaryl/α,β-unsaturated/α-hetero) is 1. The van der Waals surface area contributed by atoms with Gasteiger partial charge < -0.3 is 0 Å². The van der Waals surface area contributed by atoms with Gasteiger partial charge in [0.1, 0.15) is 11.6 Å². The van der Waals surface area contributed by atoms with Crippen molar-refractivity contribution < 1.29 is 13.6 Å². The zero-order valence-electron chi connectivity index (χ0n) is 9.59. The summed E-state index contributed by atoms with van der Waals surface area (Å²) in [6, 6.07) is 8.24. The number of hydrogen-bond acceptors (Lipinski definition) is 1. The zero-order valence-corrected chi connectivity index (χ0v) is 11.1. The number of ketones is 1.